The van der Waals surface area contributed by atoms with Crippen LogP contribution in [0.2, 0.25) is 0 Å². The van der Waals surface area contributed by atoms with Crippen molar-refractivity contribution in [2.75, 3.05) is 14.2 Å². The lowest BCUT2D eigenvalue weighted by molar-refractivity contribution is -0.422. The van der Waals surface area contributed by atoms with Crippen LogP contribution in [-0.2, 0) is 4.74 Å². The highest BCUT2D eigenvalue weighted by molar-refractivity contribution is 5.92. The van der Waals surface area contributed by atoms with Crippen LogP contribution in [0, 0.1) is 0 Å². The van der Waals surface area contributed by atoms with Gasteiger partial charge in [-0.15, -0.1) is 0 Å². The summed E-state index contributed by atoms with van der Waals surface area (Å²) in [4.78, 5) is 0. The van der Waals surface area contributed by atoms with Crippen molar-refractivity contribution in [3.8, 4) is 5.75 Å². The number of hydrogen-bond acceptors (Lipinski definition) is 2. The van der Waals surface area contributed by atoms with Gasteiger partial charge in [0, 0.05) is 6.07 Å². The molecule has 0 amide bonds. The van der Waals surface area contributed by atoms with Crippen molar-refractivity contribution in [2.24, 2.45) is 0 Å². The quantitative estimate of drug-likeness (QED) is 0.658. The SMILES string of the molecule is COc1ccc(C2=[N+](C)c3ccccc3C(c3ccccc3)O2)cc1. The summed E-state index contributed by atoms with van der Waals surface area (Å²) in [6.07, 6.45) is -0.120. The predicted molar refractivity (Wildman–Crippen MR) is 98.8 cm³/mol. The molecule has 3 heteroatoms. The van der Waals surface area contributed by atoms with Crippen molar-refractivity contribution < 1.29 is 14.0 Å². The molecule has 124 valence electrons. The van der Waals surface area contributed by atoms with E-state index in [0.717, 1.165) is 28.5 Å². The van der Waals surface area contributed by atoms with Crippen molar-refractivity contribution in [2.45, 2.75) is 6.10 Å². The summed E-state index contributed by atoms with van der Waals surface area (Å²) in [5.41, 5.74) is 4.51. The lowest BCUT2D eigenvalue weighted by atomic mass is 9.98. The maximum Gasteiger partial charge on any atom is 0.376 e. The number of rotatable bonds is 3. The molecule has 3 aromatic rings. The Morgan fingerprint density at radius 1 is 0.840 bits per heavy atom. The van der Waals surface area contributed by atoms with E-state index >= 15 is 0 Å². The first-order chi connectivity index (χ1) is 12.3. The first-order valence-electron chi connectivity index (χ1n) is 8.33. The minimum Gasteiger partial charge on any atom is -0.497 e. The van der Waals surface area contributed by atoms with Gasteiger partial charge in [0.1, 0.15) is 12.8 Å². The van der Waals surface area contributed by atoms with E-state index in [1.165, 1.54) is 5.56 Å². The molecule has 0 radical (unpaired) electrons. The van der Waals surface area contributed by atoms with Crippen LogP contribution in [0.1, 0.15) is 22.8 Å². The highest BCUT2D eigenvalue weighted by Gasteiger charge is 2.34. The molecule has 0 bridgehead atoms. The van der Waals surface area contributed by atoms with Gasteiger partial charge in [-0.2, -0.15) is 4.58 Å². The lowest BCUT2D eigenvalue weighted by Gasteiger charge is -2.25. The van der Waals surface area contributed by atoms with Gasteiger partial charge in [0.15, 0.2) is 6.10 Å². The van der Waals surface area contributed by atoms with Gasteiger partial charge in [-0.05, 0) is 35.9 Å². The van der Waals surface area contributed by atoms with E-state index in [4.69, 9.17) is 9.47 Å². The predicted octanol–water partition coefficient (Wildman–Crippen LogP) is 4.54. The third-order valence-electron chi connectivity index (χ3n) is 4.55. The van der Waals surface area contributed by atoms with Gasteiger partial charge in [0.05, 0.1) is 18.2 Å². The minimum atomic E-state index is -0.120. The van der Waals surface area contributed by atoms with E-state index in [-0.39, 0.29) is 6.10 Å². The van der Waals surface area contributed by atoms with E-state index in [2.05, 4.69) is 41.0 Å². The smallest absolute Gasteiger partial charge is 0.376 e. The number of nitrogens with zero attached hydrogens (tertiary/aromatic N) is 1. The van der Waals surface area contributed by atoms with Crippen LogP contribution < -0.4 is 4.74 Å². The number of methoxy groups -OCH3 is 1. The number of para-hydroxylation sites is 1. The normalized spacial score (nSPS) is 16.2. The fourth-order valence-corrected chi connectivity index (χ4v) is 3.25. The molecule has 0 fully saturated rings. The van der Waals surface area contributed by atoms with Gasteiger partial charge in [0.2, 0.25) is 5.69 Å². The van der Waals surface area contributed by atoms with Crippen LogP contribution in [0.4, 0.5) is 5.69 Å². The summed E-state index contributed by atoms with van der Waals surface area (Å²) in [5.74, 6) is 1.68. The molecule has 0 saturated carbocycles. The van der Waals surface area contributed by atoms with Crippen molar-refractivity contribution in [1.29, 1.82) is 0 Å². The summed E-state index contributed by atoms with van der Waals surface area (Å²) in [7, 11) is 3.71. The zero-order valence-electron chi connectivity index (χ0n) is 14.3. The van der Waals surface area contributed by atoms with Gasteiger partial charge in [-0.1, -0.05) is 42.5 Å². The molecule has 25 heavy (non-hydrogen) atoms. The standard InChI is InChI=1S/C22H20NO2/c1-23-20-11-7-6-10-19(20)21(16-8-4-3-5-9-16)25-22(23)17-12-14-18(24-2)15-13-17/h3-15,21H,1-2H3/q+1. The summed E-state index contributed by atoms with van der Waals surface area (Å²) >= 11 is 0. The Labute approximate surface area is 147 Å². The largest absolute Gasteiger partial charge is 0.497 e. The second-order valence-corrected chi connectivity index (χ2v) is 6.06. The van der Waals surface area contributed by atoms with Gasteiger partial charge in [-0.25, -0.2) is 0 Å². The van der Waals surface area contributed by atoms with Crippen LogP contribution in [0.3, 0.4) is 0 Å². The first-order valence-corrected chi connectivity index (χ1v) is 8.33. The lowest BCUT2D eigenvalue weighted by Crippen LogP contribution is -2.27. The Hall–Kier alpha value is -3.07. The molecule has 1 aliphatic heterocycles. The number of benzene rings is 3. The molecule has 0 saturated heterocycles. The van der Waals surface area contributed by atoms with Gasteiger partial charge in [-0.3, -0.25) is 0 Å². The van der Waals surface area contributed by atoms with Gasteiger partial charge in [0.25, 0.3) is 0 Å². The van der Waals surface area contributed by atoms with Crippen molar-refractivity contribution in [3.05, 3.63) is 95.6 Å². The molecular formula is C22H20NO2+. The molecular weight excluding hydrogens is 310 g/mol. The Morgan fingerprint density at radius 2 is 1.52 bits per heavy atom. The van der Waals surface area contributed by atoms with Gasteiger partial charge >= 0.3 is 5.90 Å². The number of ether oxygens (including phenoxy) is 2. The van der Waals surface area contributed by atoms with Crippen LogP contribution in [-0.4, -0.2) is 24.6 Å². The van der Waals surface area contributed by atoms with Crippen molar-refractivity contribution in [1.82, 2.24) is 0 Å². The van der Waals surface area contributed by atoms with E-state index in [1.807, 2.05) is 49.5 Å². The fraction of sp³-hybridized carbons (Fsp3) is 0.136. The van der Waals surface area contributed by atoms with Crippen LogP contribution in [0.5, 0.6) is 5.75 Å². The summed E-state index contributed by atoms with van der Waals surface area (Å²) in [5, 5.41) is 0. The highest BCUT2D eigenvalue weighted by atomic mass is 16.5. The molecule has 1 unspecified atom stereocenters. The van der Waals surface area contributed by atoms with E-state index in [9.17, 15) is 0 Å². The molecule has 1 atom stereocenters. The van der Waals surface area contributed by atoms with E-state index < -0.39 is 0 Å². The van der Waals surface area contributed by atoms with E-state index in [0.29, 0.717) is 0 Å². The van der Waals surface area contributed by atoms with Crippen LogP contribution >= 0.6 is 0 Å². The Balaban J connectivity index is 1.84. The minimum absolute atomic E-state index is 0.120. The first kappa shape index (κ1) is 15.5. The van der Waals surface area contributed by atoms with E-state index in [1.54, 1.807) is 7.11 Å². The second-order valence-electron chi connectivity index (χ2n) is 6.06. The molecule has 0 aromatic heterocycles. The maximum atomic E-state index is 6.47. The molecule has 0 aliphatic carbocycles. The fourth-order valence-electron chi connectivity index (χ4n) is 3.25. The monoisotopic (exact) mass is 330 g/mol. The summed E-state index contributed by atoms with van der Waals surface area (Å²) in [6.45, 7) is 0. The Kier molecular flexibility index (Phi) is 3.98. The summed E-state index contributed by atoms with van der Waals surface area (Å²) in [6, 6.07) is 26.7. The molecule has 4 rings (SSSR count). The third-order valence-corrected chi connectivity index (χ3v) is 4.55. The van der Waals surface area contributed by atoms with Crippen LogP contribution in [0.25, 0.3) is 0 Å². The Morgan fingerprint density at radius 3 is 2.24 bits per heavy atom. The van der Waals surface area contributed by atoms with Crippen molar-refractivity contribution >= 4 is 11.6 Å². The highest BCUT2D eigenvalue weighted by Crippen LogP contribution is 2.37. The molecule has 3 nitrogen and oxygen atoms in total. The zero-order chi connectivity index (χ0) is 17.2. The number of hydrogen-bond donors (Lipinski definition) is 0. The summed E-state index contributed by atoms with van der Waals surface area (Å²) < 4.78 is 13.8. The van der Waals surface area contributed by atoms with Crippen LogP contribution in [0.15, 0.2) is 78.9 Å². The van der Waals surface area contributed by atoms with Crippen molar-refractivity contribution in [3.63, 3.8) is 0 Å². The zero-order valence-corrected chi connectivity index (χ0v) is 14.3. The molecule has 0 spiro atoms. The third kappa shape index (κ3) is 2.78. The average Bonchev–Trinajstić information content (AvgIpc) is 2.69. The molecule has 3 aromatic carbocycles. The molecule has 1 aliphatic rings. The van der Waals surface area contributed by atoms with Gasteiger partial charge < -0.3 is 9.47 Å². The average molecular weight is 330 g/mol. The Bertz CT molecular complexity index is 914. The molecule has 0 N–H and O–H groups in total. The molecule has 1 heterocycles. The second kappa shape index (κ2) is 6.44. The maximum absolute atomic E-state index is 6.47. The number of fused-ring (bicyclic) bond motifs is 1. The topological polar surface area (TPSA) is 21.5 Å².